The number of fused-ring (bicyclic) bond motifs is 1. The van der Waals surface area contributed by atoms with Gasteiger partial charge in [0.05, 0.1) is 0 Å². The number of halogens is 1. The second-order valence-electron chi connectivity index (χ2n) is 3.91. The zero-order valence-electron chi connectivity index (χ0n) is 9.30. The van der Waals surface area contributed by atoms with Crippen LogP contribution in [-0.2, 0) is 6.42 Å². The Morgan fingerprint density at radius 2 is 2.39 bits per heavy atom. The maximum absolute atomic E-state index is 5.87. The fourth-order valence-corrected chi connectivity index (χ4v) is 3.88. The molecular formula is C11H10BrN3OS2. The number of benzene rings is 1. The molecule has 1 atom stereocenters. The fourth-order valence-electron chi connectivity index (χ4n) is 1.82. The zero-order chi connectivity index (χ0) is 12.5. The van der Waals surface area contributed by atoms with Crippen LogP contribution in [0, 0.1) is 0 Å². The van der Waals surface area contributed by atoms with Crippen molar-refractivity contribution in [3.8, 4) is 5.75 Å². The molecule has 1 aromatic heterocycles. The van der Waals surface area contributed by atoms with Crippen molar-refractivity contribution in [2.24, 2.45) is 0 Å². The van der Waals surface area contributed by atoms with Gasteiger partial charge >= 0.3 is 0 Å². The molecule has 0 bridgehead atoms. The standard InChI is InChI=1S/C11H10BrN3OS2/c12-7-1-2-9-6(3-7)4-8(16-9)5-17-11-15-14-10(13)18-11/h1-3,8H,4-5H2,(H2,13,14). The highest BCUT2D eigenvalue weighted by Gasteiger charge is 2.23. The quantitative estimate of drug-likeness (QED) is 0.868. The minimum absolute atomic E-state index is 0.199. The summed E-state index contributed by atoms with van der Waals surface area (Å²) in [5.41, 5.74) is 6.80. The average molecular weight is 344 g/mol. The van der Waals surface area contributed by atoms with Gasteiger partial charge in [0.2, 0.25) is 5.13 Å². The minimum Gasteiger partial charge on any atom is -0.489 e. The van der Waals surface area contributed by atoms with E-state index < -0.39 is 0 Å². The predicted molar refractivity (Wildman–Crippen MR) is 77.3 cm³/mol. The number of nitrogens with zero attached hydrogens (tertiary/aromatic N) is 2. The van der Waals surface area contributed by atoms with E-state index in [-0.39, 0.29) is 6.10 Å². The second kappa shape index (κ2) is 5.07. The lowest BCUT2D eigenvalue weighted by Crippen LogP contribution is -2.15. The molecule has 2 aromatic rings. The Bertz CT molecular complexity index is 575. The summed E-state index contributed by atoms with van der Waals surface area (Å²) in [5.74, 6) is 1.85. The van der Waals surface area contributed by atoms with Crippen LogP contribution < -0.4 is 10.5 Å². The Balaban J connectivity index is 1.61. The van der Waals surface area contributed by atoms with Gasteiger partial charge in [0, 0.05) is 16.6 Å². The van der Waals surface area contributed by atoms with Gasteiger partial charge in [0.25, 0.3) is 0 Å². The van der Waals surface area contributed by atoms with Gasteiger partial charge in [-0.2, -0.15) is 0 Å². The van der Waals surface area contributed by atoms with Crippen molar-refractivity contribution in [2.45, 2.75) is 16.9 Å². The number of ether oxygens (including phenoxy) is 1. The Kier molecular flexibility index (Phi) is 3.45. The van der Waals surface area contributed by atoms with Crippen LogP contribution in [0.1, 0.15) is 5.56 Å². The Morgan fingerprint density at radius 1 is 1.50 bits per heavy atom. The monoisotopic (exact) mass is 343 g/mol. The van der Waals surface area contributed by atoms with Gasteiger partial charge in [-0.05, 0) is 23.8 Å². The van der Waals surface area contributed by atoms with E-state index in [0.29, 0.717) is 5.13 Å². The van der Waals surface area contributed by atoms with Gasteiger partial charge in [-0.3, -0.25) is 0 Å². The van der Waals surface area contributed by atoms with E-state index in [9.17, 15) is 0 Å². The highest BCUT2D eigenvalue weighted by molar-refractivity contribution is 9.10. The molecule has 1 aliphatic rings. The molecule has 0 radical (unpaired) electrons. The molecule has 1 aliphatic heterocycles. The SMILES string of the molecule is Nc1nnc(SCC2Cc3cc(Br)ccc3O2)s1. The molecule has 0 amide bonds. The van der Waals surface area contributed by atoms with E-state index in [1.54, 1.807) is 11.8 Å². The van der Waals surface area contributed by atoms with E-state index in [4.69, 9.17) is 10.5 Å². The smallest absolute Gasteiger partial charge is 0.203 e. The molecule has 0 aliphatic carbocycles. The molecule has 3 rings (SSSR count). The van der Waals surface area contributed by atoms with Crippen molar-refractivity contribution in [1.29, 1.82) is 0 Å². The summed E-state index contributed by atoms with van der Waals surface area (Å²) < 4.78 is 7.86. The van der Waals surface area contributed by atoms with Crippen LogP contribution in [0.4, 0.5) is 5.13 Å². The first-order valence-corrected chi connectivity index (χ1v) is 7.97. The first kappa shape index (κ1) is 12.3. The molecule has 2 heterocycles. The van der Waals surface area contributed by atoms with E-state index in [2.05, 4.69) is 32.2 Å². The van der Waals surface area contributed by atoms with Crippen molar-refractivity contribution >= 4 is 44.2 Å². The Labute approximate surface area is 121 Å². The molecule has 18 heavy (non-hydrogen) atoms. The van der Waals surface area contributed by atoms with Crippen molar-refractivity contribution in [2.75, 3.05) is 11.5 Å². The van der Waals surface area contributed by atoms with Crippen LogP contribution >= 0.6 is 39.0 Å². The van der Waals surface area contributed by atoms with Crippen molar-refractivity contribution in [3.63, 3.8) is 0 Å². The van der Waals surface area contributed by atoms with Crippen LogP contribution in [0.25, 0.3) is 0 Å². The molecule has 7 heteroatoms. The summed E-state index contributed by atoms with van der Waals surface area (Å²) in [6.07, 6.45) is 1.14. The zero-order valence-corrected chi connectivity index (χ0v) is 12.5. The third kappa shape index (κ3) is 2.62. The molecule has 1 unspecified atom stereocenters. The molecule has 0 fully saturated rings. The summed E-state index contributed by atoms with van der Waals surface area (Å²) in [4.78, 5) is 0. The Morgan fingerprint density at radius 3 is 3.17 bits per heavy atom. The maximum Gasteiger partial charge on any atom is 0.203 e. The average Bonchev–Trinajstić information content (AvgIpc) is 2.92. The highest BCUT2D eigenvalue weighted by atomic mass is 79.9. The largest absolute Gasteiger partial charge is 0.489 e. The molecule has 0 spiro atoms. The molecule has 0 saturated carbocycles. The number of rotatable bonds is 3. The van der Waals surface area contributed by atoms with Gasteiger partial charge in [-0.15, -0.1) is 10.2 Å². The maximum atomic E-state index is 5.87. The lowest BCUT2D eigenvalue weighted by molar-refractivity contribution is 0.259. The van der Waals surface area contributed by atoms with Gasteiger partial charge in [-0.1, -0.05) is 39.0 Å². The number of aromatic nitrogens is 2. The van der Waals surface area contributed by atoms with Gasteiger partial charge in [0.1, 0.15) is 11.9 Å². The van der Waals surface area contributed by atoms with Crippen molar-refractivity contribution < 1.29 is 4.74 Å². The number of anilines is 1. The van der Waals surface area contributed by atoms with Gasteiger partial charge in [0.15, 0.2) is 4.34 Å². The van der Waals surface area contributed by atoms with E-state index in [1.807, 2.05) is 12.1 Å². The molecule has 0 saturated heterocycles. The lowest BCUT2D eigenvalue weighted by atomic mass is 10.1. The van der Waals surface area contributed by atoms with Crippen LogP contribution in [0.2, 0.25) is 0 Å². The van der Waals surface area contributed by atoms with Gasteiger partial charge in [-0.25, -0.2) is 0 Å². The second-order valence-corrected chi connectivity index (χ2v) is 7.11. The summed E-state index contributed by atoms with van der Waals surface area (Å²) >= 11 is 6.53. The summed E-state index contributed by atoms with van der Waals surface area (Å²) in [7, 11) is 0. The minimum atomic E-state index is 0.199. The number of hydrogen-bond donors (Lipinski definition) is 1. The number of thioether (sulfide) groups is 1. The normalized spacial score (nSPS) is 17.5. The highest BCUT2D eigenvalue weighted by Crippen LogP contribution is 2.34. The number of hydrogen-bond acceptors (Lipinski definition) is 6. The number of nitrogens with two attached hydrogens (primary N) is 1. The predicted octanol–water partition coefficient (Wildman–Crippen LogP) is 2.98. The first-order chi connectivity index (χ1) is 8.70. The topological polar surface area (TPSA) is 61.0 Å². The van der Waals surface area contributed by atoms with Crippen LogP contribution in [-0.4, -0.2) is 22.1 Å². The third-order valence-corrected chi connectivity index (χ3v) is 5.09. The van der Waals surface area contributed by atoms with E-state index >= 15 is 0 Å². The van der Waals surface area contributed by atoms with Crippen LogP contribution in [0.5, 0.6) is 5.75 Å². The fraction of sp³-hybridized carbons (Fsp3) is 0.273. The van der Waals surface area contributed by atoms with Crippen LogP contribution in [0.3, 0.4) is 0 Å². The Hall–Kier alpha value is -0.790. The molecule has 4 nitrogen and oxygen atoms in total. The van der Waals surface area contributed by atoms with Gasteiger partial charge < -0.3 is 10.5 Å². The molecule has 1 aromatic carbocycles. The summed E-state index contributed by atoms with van der Waals surface area (Å²) in [6.45, 7) is 0. The number of nitrogen functional groups attached to an aromatic ring is 1. The third-order valence-electron chi connectivity index (χ3n) is 2.58. The lowest BCUT2D eigenvalue weighted by Gasteiger charge is -2.08. The first-order valence-electron chi connectivity index (χ1n) is 5.37. The molecule has 94 valence electrons. The summed E-state index contributed by atoms with van der Waals surface area (Å²) in [5, 5.41) is 8.29. The van der Waals surface area contributed by atoms with Crippen molar-refractivity contribution in [3.05, 3.63) is 28.2 Å². The molecular weight excluding hydrogens is 334 g/mol. The van der Waals surface area contributed by atoms with Crippen LogP contribution in [0.15, 0.2) is 27.0 Å². The molecule has 2 N–H and O–H groups in total. The summed E-state index contributed by atoms with van der Waals surface area (Å²) in [6, 6.07) is 6.12. The van der Waals surface area contributed by atoms with E-state index in [1.165, 1.54) is 16.9 Å². The van der Waals surface area contributed by atoms with E-state index in [0.717, 1.165) is 26.7 Å². The van der Waals surface area contributed by atoms with Crippen molar-refractivity contribution in [1.82, 2.24) is 10.2 Å².